The van der Waals surface area contributed by atoms with E-state index in [1.165, 1.54) is 19.1 Å². The summed E-state index contributed by atoms with van der Waals surface area (Å²) in [7, 11) is 0. The summed E-state index contributed by atoms with van der Waals surface area (Å²) < 4.78 is 5.16. The Kier molecular flexibility index (Phi) is 4.28. The number of nitrogens with zero attached hydrogens (tertiary/aromatic N) is 1. The first-order valence-electron chi connectivity index (χ1n) is 4.71. The number of nitro benzene ring substituents is 1. The molecule has 1 atom stereocenters. The maximum absolute atomic E-state index is 10.5. The lowest BCUT2D eigenvalue weighted by molar-refractivity contribution is -0.384. The number of benzene rings is 1. The minimum Gasteiger partial charge on any atom is -0.491 e. The van der Waals surface area contributed by atoms with Crippen LogP contribution in [0.4, 0.5) is 5.69 Å². The van der Waals surface area contributed by atoms with E-state index in [-0.39, 0.29) is 23.1 Å². The fourth-order valence-corrected chi connectivity index (χ4v) is 1.24. The van der Waals surface area contributed by atoms with Crippen molar-refractivity contribution in [3.8, 4) is 5.75 Å². The number of ether oxygens (including phenoxy) is 1. The van der Waals surface area contributed by atoms with Gasteiger partial charge in [0, 0.05) is 12.1 Å². The van der Waals surface area contributed by atoms with Crippen LogP contribution in [0.1, 0.15) is 6.92 Å². The van der Waals surface area contributed by atoms with Crippen molar-refractivity contribution in [3.63, 3.8) is 0 Å². The summed E-state index contributed by atoms with van der Waals surface area (Å²) in [5.41, 5.74) is -0.145. The number of rotatable bonds is 5. The van der Waals surface area contributed by atoms with E-state index in [0.717, 1.165) is 6.07 Å². The first-order valence-corrected chi connectivity index (χ1v) is 5.09. The van der Waals surface area contributed by atoms with Gasteiger partial charge in [-0.25, -0.2) is 0 Å². The molecule has 0 saturated heterocycles. The molecule has 6 nitrogen and oxygen atoms in total. The van der Waals surface area contributed by atoms with Crippen molar-refractivity contribution in [1.82, 2.24) is 0 Å². The third-order valence-electron chi connectivity index (χ3n) is 2.04. The number of hydrogen-bond acceptors (Lipinski definition) is 4. The fourth-order valence-electron chi connectivity index (χ4n) is 1.01. The van der Waals surface area contributed by atoms with E-state index in [1.807, 2.05) is 0 Å². The van der Waals surface area contributed by atoms with Crippen LogP contribution in [0.3, 0.4) is 0 Å². The Hall–Kier alpha value is -1.82. The Bertz CT molecular complexity index is 448. The summed E-state index contributed by atoms with van der Waals surface area (Å²) in [5, 5.41) is 19.2. The van der Waals surface area contributed by atoms with Crippen LogP contribution in [0, 0.1) is 16.0 Å². The molecule has 7 heteroatoms. The Morgan fingerprint density at radius 1 is 1.65 bits per heavy atom. The lowest BCUT2D eigenvalue weighted by Gasteiger charge is -2.10. The highest BCUT2D eigenvalue weighted by Gasteiger charge is 2.14. The van der Waals surface area contributed by atoms with Crippen LogP contribution >= 0.6 is 11.6 Å². The standard InChI is InChI=1S/C10H10ClNO5/c1-6(10(13)14)5-17-9-3-2-7(12(15)16)4-8(9)11/h2-4,6H,5H2,1H3,(H,13,14). The SMILES string of the molecule is CC(COc1ccc([N+](=O)[O-])cc1Cl)C(=O)O. The zero-order chi connectivity index (χ0) is 13.0. The Balaban J connectivity index is 2.73. The maximum atomic E-state index is 10.5. The molecule has 0 aliphatic carbocycles. The van der Waals surface area contributed by atoms with E-state index in [0.29, 0.717) is 0 Å². The van der Waals surface area contributed by atoms with Crippen LogP contribution < -0.4 is 4.74 Å². The van der Waals surface area contributed by atoms with E-state index >= 15 is 0 Å². The second-order valence-electron chi connectivity index (χ2n) is 3.42. The molecule has 17 heavy (non-hydrogen) atoms. The predicted molar refractivity (Wildman–Crippen MR) is 60.4 cm³/mol. The zero-order valence-electron chi connectivity index (χ0n) is 8.92. The molecule has 0 saturated carbocycles. The first-order chi connectivity index (χ1) is 7.91. The molecule has 0 aliphatic heterocycles. The molecule has 92 valence electrons. The second-order valence-corrected chi connectivity index (χ2v) is 3.83. The summed E-state index contributed by atoms with van der Waals surface area (Å²) in [4.78, 5) is 20.4. The molecule has 0 aliphatic rings. The average Bonchev–Trinajstić information content (AvgIpc) is 2.26. The number of halogens is 1. The van der Waals surface area contributed by atoms with E-state index in [9.17, 15) is 14.9 Å². The molecule has 0 spiro atoms. The van der Waals surface area contributed by atoms with Gasteiger partial charge < -0.3 is 9.84 Å². The summed E-state index contributed by atoms with van der Waals surface area (Å²) in [5.74, 6) is -1.44. The van der Waals surface area contributed by atoms with Gasteiger partial charge in [-0.1, -0.05) is 11.6 Å². The molecule has 0 fully saturated rings. The highest BCUT2D eigenvalue weighted by molar-refractivity contribution is 6.32. The predicted octanol–water partition coefficient (Wildman–Crippen LogP) is 2.35. The molecule has 0 amide bonds. The second kappa shape index (κ2) is 5.49. The average molecular weight is 260 g/mol. The lowest BCUT2D eigenvalue weighted by Crippen LogP contribution is -2.18. The van der Waals surface area contributed by atoms with Crippen molar-refractivity contribution in [2.75, 3.05) is 6.61 Å². The molecule has 1 N–H and O–H groups in total. The number of aliphatic carboxylic acids is 1. The summed E-state index contributed by atoms with van der Waals surface area (Å²) >= 11 is 5.76. The number of carboxylic acids is 1. The third kappa shape index (κ3) is 3.60. The van der Waals surface area contributed by atoms with Gasteiger partial charge in [0.25, 0.3) is 5.69 Å². The number of nitro groups is 1. The van der Waals surface area contributed by atoms with E-state index in [4.69, 9.17) is 21.4 Å². The molecule has 0 heterocycles. The van der Waals surface area contributed by atoms with Crippen LogP contribution in [0.5, 0.6) is 5.75 Å². The normalized spacial score (nSPS) is 11.9. The van der Waals surface area contributed by atoms with Gasteiger partial charge in [0.05, 0.1) is 15.9 Å². The Morgan fingerprint density at radius 3 is 2.76 bits per heavy atom. The van der Waals surface area contributed by atoms with Gasteiger partial charge >= 0.3 is 5.97 Å². The van der Waals surface area contributed by atoms with Crippen LogP contribution in [0.25, 0.3) is 0 Å². The minimum atomic E-state index is -0.983. The van der Waals surface area contributed by atoms with Crippen LogP contribution in [-0.2, 0) is 4.79 Å². The van der Waals surface area contributed by atoms with Gasteiger partial charge in [-0.3, -0.25) is 14.9 Å². The smallest absolute Gasteiger partial charge is 0.309 e. The highest BCUT2D eigenvalue weighted by atomic mass is 35.5. The van der Waals surface area contributed by atoms with E-state index in [2.05, 4.69) is 0 Å². The first kappa shape index (κ1) is 13.2. The van der Waals surface area contributed by atoms with Crippen molar-refractivity contribution in [3.05, 3.63) is 33.3 Å². The van der Waals surface area contributed by atoms with Crippen molar-refractivity contribution < 1.29 is 19.6 Å². The lowest BCUT2D eigenvalue weighted by atomic mass is 10.2. The van der Waals surface area contributed by atoms with E-state index in [1.54, 1.807) is 0 Å². The third-order valence-corrected chi connectivity index (χ3v) is 2.33. The molecule has 0 aromatic heterocycles. The molecule has 0 bridgehead atoms. The number of hydrogen-bond donors (Lipinski definition) is 1. The number of non-ortho nitro benzene ring substituents is 1. The molecule has 0 radical (unpaired) electrons. The van der Waals surface area contributed by atoms with Crippen LogP contribution in [0.15, 0.2) is 18.2 Å². The van der Waals surface area contributed by atoms with Gasteiger partial charge in [0.2, 0.25) is 0 Å². The number of carbonyl (C=O) groups is 1. The molecular formula is C10H10ClNO5. The molecule has 1 rings (SSSR count). The van der Waals surface area contributed by atoms with Gasteiger partial charge in [0.15, 0.2) is 0 Å². The largest absolute Gasteiger partial charge is 0.491 e. The Labute approximate surface area is 102 Å². The quantitative estimate of drug-likeness (QED) is 0.647. The van der Waals surface area contributed by atoms with Crippen molar-refractivity contribution in [1.29, 1.82) is 0 Å². The Morgan fingerprint density at radius 2 is 2.29 bits per heavy atom. The fraction of sp³-hybridized carbons (Fsp3) is 0.300. The monoisotopic (exact) mass is 259 g/mol. The summed E-state index contributed by atoms with van der Waals surface area (Å²) in [6, 6.07) is 3.74. The molecular weight excluding hydrogens is 250 g/mol. The summed E-state index contributed by atoms with van der Waals surface area (Å²) in [6.45, 7) is 1.44. The minimum absolute atomic E-state index is 0.0487. The molecule has 1 unspecified atom stereocenters. The van der Waals surface area contributed by atoms with Crippen LogP contribution in [-0.4, -0.2) is 22.6 Å². The van der Waals surface area contributed by atoms with Gasteiger partial charge in [0.1, 0.15) is 12.4 Å². The summed E-state index contributed by atoms with van der Waals surface area (Å²) in [6.07, 6.45) is 0. The van der Waals surface area contributed by atoms with Crippen molar-refractivity contribution in [2.45, 2.75) is 6.92 Å². The molecule has 1 aromatic carbocycles. The topological polar surface area (TPSA) is 89.7 Å². The highest BCUT2D eigenvalue weighted by Crippen LogP contribution is 2.28. The van der Waals surface area contributed by atoms with Gasteiger partial charge in [-0.2, -0.15) is 0 Å². The molecule has 1 aromatic rings. The van der Waals surface area contributed by atoms with Crippen LogP contribution in [0.2, 0.25) is 5.02 Å². The van der Waals surface area contributed by atoms with Crippen molar-refractivity contribution in [2.24, 2.45) is 5.92 Å². The van der Waals surface area contributed by atoms with Crippen molar-refractivity contribution >= 4 is 23.3 Å². The zero-order valence-corrected chi connectivity index (χ0v) is 9.68. The van der Waals surface area contributed by atoms with Gasteiger partial charge in [-0.05, 0) is 13.0 Å². The maximum Gasteiger partial charge on any atom is 0.309 e. The number of carboxylic acid groups (broad SMARTS) is 1. The van der Waals surface area contributed by atoms with Gasteiger partial charge in [-0.15, -0.1) is 0 Å². The van der Waals surface area contributed by atoms with E-state index < -0.39 is 16.8 Å².